The average molecular weight is 197 g/mol. The van der Waals surface area contributed by atoms with E-state index in [1.54, 1.807) is 0 Å². The van der Waals surface area contributed by atoms with Crippen LogP contribution in [0.15, 0.2) is 12.7 Å². The Morgan fingerprint density at radius 3 is 2.21 bits per heavy atom. The van der Waals surface area contributed by atoms with Gasteiger partial charge in [-0.15, -0.1) is 6.58 Å². The highest BCUT2D eigenvalue weighted by atomic mass is 15.1. The van der Waals surface area contributed by atoms with Gasteiger partial charge in [-0.3, -0.25) is 0 Å². The number of allylic oxidation sites excluding steroid dienone is 1. The molecule has 0 aliphatic rings. The minimum atomic E-state index is 0.691. The normalized spacial score (nSPS) is 11.2. The van der Waals surface area contributed by atoms with Crippen molar-refractivity contribution in [2.75, 3.05) is 13.6 Å². The molecule has 0 amide bonds. The zero-order valence-electron chi connectivity index (χ0n) is 10.3. The van der Waals surface area contributed by atoms with Crippen molar-refractivity contribution in [3.8, 4) is 0 Å². The monoisotopic (exact) mass is 197 g/mol. The van der Waals surface area contributed by atoms with Crippen LogP contribution in [0.25, 0.3) is 0 Å². The van der Waals surface area contributed by atoms with Crippen LogP contribution in [0.4, 0.5) is 0 Å². The molecule has 0 aliphatic heterocycles. The molecular formula is C13H27N. The Kier molecular flexibility index (Phi) is 9.06. The Morgan fingerprint density at radius 2 is 1.64 bits per heavy atom. The summed E-state index contributed by atoms with van der Waals surface area (Å²) in [4.78, 5) is 2.42. The molecule has 0 unspecified atom stereocenters. The molecule has 0 N–H and O–H groups in total. The SMILES string of the molecule is C=CCCCCCCCN(C)C(C)C. The second kappa shape index (κ2) is 9.26. The van der Waals surface area contributed by atoms with E-state index in [4.69, 9.17) is 0 Å². The van der Waals surface area contributed by atoms with Crippen LogP contribution in [0.3, 0.4) is 0 Å². The van der Waals surface area contributed by atoms with E-state index in [2.05, 4.69) is 32.4 Å². The third-order valence-electron chi connectivity index (χ3n) is 2.80. The summed E-state index contributed by atoms with van der Waals surface area (Å²) in [6.07, 6.45) is 10.0. The predicted molar refractivity (Wildman–Crippen MR) is 65.7 cm³/mol. The summed E-state index contributed by atoms with van der Waals surface area (Å²) in [5.74, 6) is 0. The molecule has 0 saturated heterocycles. The van der Waals surface area contributed by atoms with Crippen LogP contribution in [0, 0.1) is 0 Å². The molecule has 0 heterocycles. The minimum Gasteiger partial charge on any atom is -0.304 e. The van der Waals surface area contributed by atoms with Crippen LogP contribution in [0.2, 0.25) is 0 Å². The molecule has 1 heteroatoms. The molecule has 0 aliphatic carbocycles. The first-order valence-electron chi connectivity index (χ1n) is 5.99. The number of nitrogens with zero attached hydrogens (tertiary/aromatic N) is 1. The summed E-state index contributed by atoms with van der Waals surface area (Å²) in [7, 11) is 2.21. The fraction of sp³-hybridized carbons (Fsp3) is 0.846. The smallest absolute Gasteiger partial charge is 0.00355 e. The molecule has 14 heavy (non-hydrogen) atoms. The molecule has 0 rings (SSSR count). The molecule has 0 bridgehead atoms. The van der Waals surface area contributed by atoms with Crippen LogP contribution in [0.1, 0.15) is 52.4 Å². The minimum absolute atomic E-state index is 0.691. The van der Waals surface area contributed by atoms with E-state index in [0.717, 1.165) is 0 Å². The van der Waals surface area contributed by atoms with Crippen LogP contribution in [-0.2, 0) is 0 Å². The maximum atomic E-state index is 3.73. The maximum Gasteiger partial charge on any atom is 0.00355 e. The molecule has 1 nitrogen and oxygen atoms in total. The van der Waals surface area contributed by atoms with Crippen LogP contribution in [0.5, 0.6) is 0 Å². The molecule has 84 valence electrons. The molecule has 0 atom stereocenters. The Hall–Kier alpha value is -0.300. The van der Waals surface area contributed by atoms with Gasteiger partial charge in [-0.1, -0.05) is 25.3 Å². The zero-order chi connectivity index (χ0) is 10.8. The Bertz CT molecular complexity index is 129. The fourth-order valence-electron chi connectivity index (χ4n) is 1.44. The number of rotatable bonds is 9. The van der Waals surface area contributed by atoms with Crippen molar-refractivity contribution in [3.63, 3.8) is 0 Å². The molecule has 0 aromatic rings. The zero-order valence-corrected chi connectivity index (χ0v) is 10.3. The summed E-state index contributed by atoms with van der Waals surface area (Å²) in [5, 5.41) is 0. The number of hydrogen-bond acceptors (Lipinski definition) is 1. The Balaban J connectivity index is 3.09. The summed E-state index contributed by atoms with van der Waals surface area (Å²) in [5.41, 5.74) is 0. The summed E-state index contributed by atoms with van der Waals surface area (Å²) < 4.78 is 0. The van der Waals surface area contributed by atoms with Gasteiger partial charge in [0, 0.05) is 6.04 Å². The van der Waals surface area contributed by atoms with Crippen molar-refractivity contribution in [1.82, 2.24) is 4.90 Å². The molecule has 0 spiro atoms. The Labute approximate surface area is 90.2 Å². The van der Waals surface area contributed by atoms with Gasteiger partial charge in [-0.2, -0.15) is 0 Å². The van der Waals surface area contributed by atoms with Gasteiger partial charge in [0.15, 0.2) is 0 Å². The van der Waals surface area contributed by atoms with Crippen LogP contribution < -0.4 is 0 Å². The molecule has 0 saturated carbocycles. The second-order valence-corrected chi connectivity index (χ2v) is 4.42. The highest BCUT2D eigenvalue weighted by molar-refractivity contribution is 4.65. The quantitative estimate of drug-likeness (QED) is 0.401. The largest absolute Gasteiger partial charge is 0.304 e. The van der Waals surface area contributed by atoms with Gasteiger partial charge >= 0.3 is 0 Å². The molecule has 0 radical (unpaired) electrons. The van der Waals surface area contributed by atoms with E-state index < -0.39 is 0 Å². The predicted octanol–water partition coefficient (Wildman–Crippen LogP) is 3.85. The number of unbranched alkanes of at least 4 members (excludes halogenated alkanes) is 5. The van der Waals surface area contributed by atoms with Gasteiger partial charge in [0.1, 0.15) is 0 Å². The van der Waals surface area contributed by atoms with Crippen LogP contribution in [-0.4, -0.2) is 24.5 Å². The first-order valence-corrected chi connectivity index (χ1v) is 5.99. The van der Waals surface area contributed by atoms with Gasteiger partial charge in [0.25, 0.3) is 0 Å². The standard InChI is InChI=1S/C13H27N/c1-5-6-7-8-9-10-11-12-14(4)13(2)3/h5,13H,1,6-12H2,2-4H3. The van der Waals surface area contributed by atoms with E-state index in [9.17, 15) is 0 Å². The molecular weight excluding hydrogens is 170 g/mol. The van der Waals surface area contributed by atoms with Crippen molar-refractivity contribution in [3.05, 3.63) is 12.7 Å². The highest BCUT2D eigenvalue weighted by Crippen LogP contribution is 2.06. The first-order chi connectivity index (χ1) is 6.68. The lowest BCUT2D eigenvalue weighted by molar-refractivity contribution is 0.267. The Morgan fingerprint density at radius 1 is 1.07 bits per heavy atom. The average Bonchev–Trinajstić information content (AvgIpc) is 2.16. The van der Waals surface area contributed by atoms with Crippen LogP contribution >= 0.6 is 0 Å². The van der Waals surface area contributed by atoms with Gasteiger partial charge in [0.2, 0.25) is 0 Å². The molecule has 0 fully saturated rings. The second-order valence-electron chi connectivity index (χ2n) is 4.42. The topological polar surface area (TPSA) is 3.24 Å². The van der Waals surface area contributed by atoms with E-state index in [-0.39, 0.29) is 0 Å². The lowest BCUT2D eigenvalue weighted by Gasteiger charge is -2.20. The molecule has 0 aromatic heterocycles. The van der Waals surface area contributed by atoms with Gasteiger partial charge in [-0.25, -0.2) is 0 Å². The first kappa shape index (κ1) is 13.7. The fourth-order valence-corrected chi connectivity index (χ4v) is 1.44. The number of hydrogen-bond donors (Lipinski definition) is 0. The van der Waals surface area contributed by atoms with Crippen molar-refractivity contribution in [2.24, 2.45) is 0 Å². The van der Waals surface area contributed by atoms with Crippen molar-refractivity contribution in [2.45, 2.75) is 58.4 Å². The summed E-state index contributed by atoms with van der Waals surface area (Å²) in [6, 6.07) is 0.691. The summed E-state index contributed by atoms with van der Waals surface area (Å²) >= 11 is 0. The van der Waals surface area contributed by atoms with Gasteiger partial charge < -0.3 is 4.90 Å². The summed E-state index contributed by atoms with van der Waals surface area (Å²) in [6.45, 7) is 9.49. The highest BCUT2D eigenvalue weighted by Gasteiger charge is 2.01. The van der Waals surface area contributed by atoms with E-state index >= 15 is 0 Å². The lowest BCUT2D eigenvalue weighted by Crippen LogP contribution is -2.27. The van der Waals surface area contributed by atoms with Crippen molar-refractivity contribution < 1.29 is 0 Å². The van der Waals surface area contributed by atoms with E-state index in [1.165, 1.54) is 45.1 Å². The van der Waals surface area contributed by atoms with Crippen molar-refractivity contribution >= 4 is 0 Å². The lowest BCUT2D eigenvalue weighted by atomic mass is 10.1. The van der Waals surface area contributed by atoms with Gasteiger partial charge in [0.05, 0.1) is 0 Å². The molecule has 0 aromatic carbocycles. The van der Waals surface area contributed by atoms with Gasteiger partial charge in [-0.05, 0) is 46.7 Å². The van der Waals surface area contributed by atoms with Crippen molar-refractivity contribution in [1.29, 1.82) is 0 Å². The third kappa shape index (κ3) is 8.31. The van der Waals surface area contributed by atoms with E-state index in [1.807, 2.05) is 6.08 Å². The van der Waals surface area contributed by atoms with E-state index in [0.29, 0.717) is 6.04 Å². The third-order valence-corrected chi connectivity index (χ3v) is 2.80. The maximum absolute atomic E-state index is 3.73.